The first kappa shape index (κ1) is 19.4. The van der Waals surface area contributed by atoms with Crippen LogP contribution in [0.5, 0.6) is 0 Å². The van der Waals surface area contributed by atoms with Crippen LogP contribution in [0, 0.1) is 0 Å². The number of hydrogen-bond acceptors (Lipinski definition) is 4. The van der Waals surface area contributed by atoms with Gasteiger partial charge in [0.05, 0.1) is 18.1 Å². The maximum Gasteiger partial charge on any atom is 0.246 e. The van der Waals surface area contributed by atoms with Gasteiger partial charge in [0.25, 0.3) is 0 Å². The summed E-state index contributed by atoms with van der Waals surface area (Å²) in [4.78, 5) is 12.9. The summed E-state index contributed by atoms with van der Waals surface area (Å²) in [6.07, 6.45) is 4.85. The highest BCUT2D eigenvalue weighted by molar-refractivity contribution is 7.89. The van der Waals surface area contributed by atoms with Crippen molar-refractivity contribution >= 4 is 21.6 Å². The first-order valence-corrected chi connectivity index (χ1v) is 11.0. The molecule has 1 N–H and O–H groups in total. The summed E-state index contributed by atoms with van der Waals surface area (Å²) >= 11 is 0. The molecule has 7 nitrogen and oxygen atoms in total. The molecule has 2 aromatic carbocycles. The van der Waals surface area contributed by atoms with E-state index in [1.54, 1.807) is 12.1 Å². The molecular formula is C21H22N4O3S. The minimum absolute atomic E-state index is 0.0840. The number of para-hydroxylation sites is 2. The lowest BCUT2D eigenvalue weighted by Crippen LogP contribution is -2.49. The highest BCUT2D eigenvalue weighted by Gasteiger charge is 2.38. The molecule has 1 aliphatic heterocycles. The molecule has 1 aromatic heterocycles. The van der Waals surface area contributed by atoms with E-state index in [1.807, 2.05) is 48.5 Å². The fraction of sp³-hybridized carbons (Fsp3) is 0.238. The maximum absolute atomic E-state index is 13.3. The Morgan fingerprint density at radius 3 is 2.41 bits per heavy atom. The van der Waals surface area contributed by atoms with E-state index in [0.717, 1.165) is 18.5 Å². The van der Waals surface area contributed by atoms with Gasteiger partial charge in [-0.05, 0) is 37.1 Å². The first-order valence-electron chi connectivity index (χ1n) is 9.53. The van der Waals surface area contributed by atoms with Crippen molar-refractivity contribution in [2.45, 2.75) is 30.2 Å². The Hall–Kier alpha value is -2.97. The summed E-state index contributed by atoms with van der Waals surface area (Å²) in [6, 6.07) is 17.6. The van der Waals surface area contributed by atoms with Gasteiger partial charge in [0, 0.05) is 12.2 Å². The van der Waals surface area contributed by atoms with E-state index >= 15 is 0 Å². The second-order valence-electron chi connectivity index (χ2n) is 6.94. The van der Waals surface area contributed by atoms with Crippen LogP contribution in [0.15, 0.2) is 78.0 Å². The van der Waals surface area contributed by atoms with Crippen LogP contribution in [0.4, 0.5) is 5.69 Å². The standard InChI is InChI=1S/C21H22N4O3S/c26-21(23-17-9-3-1-4-10-17)20-13-7-8-14-25(20)29(27,28)19-15-22-24(16-19)18-11-5-2-6-12-18/h1-6,9-12,15-16,20H,7-8,13-14H2,(H,23,26). The molecule has 1 saturated heterocycles. The van der Waals surface area contributed by atoms with Crippen LogP contribution in [-0.2, 0) is 14.8 Å². The molecule has 1 atom stereocenters. The molecule has 3 aromatic rings. The monoisotopic (exact) mass is 410 g/mol. The van der Waals surface area contributed by atoms with Gasteiger partial charge in [-0.2, -0.15) is 9.40 Å². The third-order valence-corrected chi connectivity index (χ3v) is 6.84. The average molecular weight is 410 g/mol. The third-order valence-electron chi connectivity index (χ3n) is 4.98. The maximum atomic E-state index is 13.3. The number of nitrogens with one attached hydrogen (secondary N) is 1. The zero-order valence-corrected chi connectivity index (χ0v) is 16.6. The largest absolute Gasteiger partial charge is 0.325 e. The Balaban J connectivity index is 1.59. The van der Waals surface area contributed by atoms with Gasteiger partial charge in [0.1, 0.15) is 10.9 Å². The van der Waals surface area contributed by atoms with Crippen LogP contribution in [0.2, 0.25) is 0 Å². The summed E-state index contributed by atoms with van der Waals surface area (Å²) in [7, 11) is -3.85. The van der Waals surface area contributed by atoms with E-state index < -0.39 is 16.1 Å². The number of carbonyl (C=O) groups excluding carboxylic acids is 1. The fourth-order valence-corrected chi connectivity index (χ4v) is 5.09. The van der Waals surface area contributed by atoms with Gasteiger partial charge in [0.2, 0.25) is 15.9 Å². The number of sulfonamides is 1. The molecule has 0 saturated carbocycles. The minimum atomic E-state index is -3.85. The molecule has 4 rings (SSSR count). The number of carbonyl (C=O) groups is 1. The fourth-order valence-electron chi connectivity index (χ4n) is 3.50. The number of anilines is 1. The van der Waals surface area contributed by atoms with Crippen LogP contribution in [0.25, 0.3) is 5.69 Å². The molecule has 8 heteroatoms. The summed E-state index contributed by atoms with van der Waals surface area (Å²) in [6.45, 7) is 0.311. The Morgan fingerprint density at radius 2 is 1.69 bits per heavy atom. The zero-order valence-electron chi connectivity index (χ0n) is 15.8. The van der Waals surface area contributed by atoms with Gasteiger partial charge in [0.15, 0.2) is 0 Å². The molecule has 150 valence electrons. The lowest BCUT2D eigenvalue weighted by atomic mass is 10.0. The third kappa shape index (κ3) is 4.08. The molecular weight excluding hydrogens is 388 g/mol. The van der Waals surface area contributed by atoms with Crippen LogP contribution >= 0.6 is 0 Å². The molecule has 0 radical (unpaired) electrons. The van der Waals surface area contributed by atoms with E-state index in [2.05, 4.69) is 10.4 Å². The Bertz CT molecular complexity index is 1080. The van der Waals surface area contributed by atoms with E-state index in [4.69, 9.17) is 0 Å². The van der Waals surface area contributed by atoms with Gasteiger partial charge in [-0.3, -0.25) is 4.79 Å². The van der Waals surface area contributed by atoms with Crippen molar-refractivity contribution in [3.63, 3.8) is 0 Å². The minimum Gasteiger partial charge on any atom is -0.325 e. The second kappa shape index (κ2) is 8.18. The van der Waals surface area contributed by atoms with Gasteiger partial charge in [-0.15, -0.1) is 0 Å². The van der Waals surface area contributed by atoms with Crippen molar-refractivity contribution in [3.8, 4) is 5.69 Å². The summed E-state index contributed by atoms with van der Waals surface area (Å²) < 4.78 is 29.4. The summed E-state index contributed by atoms with van der Waals surface area (Å²) in [5.74, 6) is -0.310. The van der Waals surface area contributed by atoms with Crippen molar-refractivity contribution in [3.05, 3.63) is 73.1 Å². The molecule has 0 bridgehead atoms. The number of aromatic nitrogens is 2. The van der Waals surface area contributed by atoms with Gasteiger partial charge >= 0.3 is 0 Å². The zero-order chi connectivity index (χ0) is 20.3. The predicted molar refractivity (Wildman–Crippen MR) is 110 cm³/mol. The average Bonchev–Trinajstić information content (AvgIpc) is 3.26. The Morgan fingerprint density at radius 1 is 1.00 bits per heavy atom. The summed E-state index contributed by atoms with van der Waals surface area (Å²) in [5, 5.41) is 7.03. The van der Waals surface area contributed by atoms with Crippen molar-refractivity contribution in [1.29, 1.82) is 0 Å². The molecule has 1 fully saturated rings. The van der Waals surface area contributed by atoms with E-state index in [9.17, 15) is 13.2 Å². The Labute approximate surface area is 170 Å². The van der Waals surface area contributed by atoms with E-state index in [-0.39, 0.29) is 10.8 Å². The second-order valence-corrected chi connectivity index (χ2v) is 8.83. The molecule has 1 unspecified atom stereocenters. The molecule has 2 heterocycles. The van der Waals surface area contributed by atoms with Crippen molar-refractivity contribution in [1.82, 2.24) is 14.1 Å². The lowest BCUT2D eigenvalue weighted by Gasteiger charge is -2.33. The van der Waals surface area contributed by atoms with Crippen LogP contribution < -0.4 is 5.32 Å². The first-order chi connectivity index (χ1) is 14.1. The van der Waals surface area contributed by atoms with E-state index in [1.165, 1.54) is 21.4 Å². The smallest absolute Gasteiger partial charge is 0.246 e. The number of piperidine rings is 1. The van der Waals surface area contributed by atoms with Crippen molar-refractivity contribution < 1.29 is 13.2 Å². The SMILES string of the molecule is O=C(Nc1ccccc1)C1CCCCN1S(=O)(=O)c1cnn(-c2ccccc2)c1. The molecule has 0 aliphatic carbocycles. The van der Waals surface area contributed by atoms with Crippen molar-refractivity contribution in [2.24, 2.45) is 0 Å². The topological polar surface area (TPSA) is 84.3 Å². The summed E-state index contributed by atoms with van der Waals surface area (Å²) in [5.41, 5.74) is 1.42. The van der Waals surface area contributed by atoms with Crippen molar-refractivity contribution in [2.75, 3.05) is 11.9 Å². The van der Waals surface area contributed by atoms with Gasteiger partial charge in [-0.25, -0.2) is 13.1 Å². The predicted octanol–water partition coefficient (Wildman–Crippen LogP) is 3.05. The van der Waals surface area contributed by atoms with Gasteiger partial charge < -0.3 is 5.32 Å². The molecule has 1 aliphatic rings. The van der Waals surface area contributed by atoms with Crippen LogP contribution in [-0.4, -0.2) is 41.0 Å². The highest BCUT2D eigenvalue weighted by atomic mass is 32.2. The molecule has 0 spiro atoms. The number of nitrogens with zero attached hydrogens (tertiary/aromatic N) is 3. The number of benzene rings is 2. The Kier molecular flexibility index (Phi) is 5.46. The van der Waals surface area contributed by atoms with Crippen LogP contribution in [0.1, 0.15) is 19.3 Å². The number of rotatable bonds is 5. The van der Waals surface area contributed by atoms with Gasteiger partial charge in [-0.1, -0.05) is 42.8 Å². The lowest BCUT2D eigenvalue weighted by molar-refractivity contribution is -0.120. The normalized spacial score (nSPS) is 17.7. The molecule has 1 amide bonds. The quantitative estimate of drug-likeness (QED) is 0.701. The number of amides is 1. The van der Waals surface area contributed by atoms with E-state index in [0.29, 0.717) is 18.7 Å². The van der Waals surface area contributed by atoms with Crippen LogP contribution in [0.3, 0.4) is 0 Å². The molecule has 29 heavy (non-hydrogen) atoms. The number of hydrogen-bond donors (Lipinski definition) is 1. The highest BCUT2D eigenvalue weighted by Crippen LogP contribution is 2.26.